The van der Waals surface area contributed by atoms with Crippen LogP contribution in [0.1, 0.15) is 69.5 Å². The summed E-state index contributed by atoms with van der Waals surface area (Å²) in [6.07, 6.45) is 2.45. The highest BCUT2D eigenvalue weighted by molar-refractivity contribution is 6.31. The normalized spacial score (nSPS) is 20.1. The zero-order valence-electron chi connectivity index (χ0n) is 26.7. The van der Waals surface area contributed by atoms with Crippen molar-refractivity contribution in [1.82, 2.24) is 5.32 Å². The molecule has 1 saturated heterocycles. The van der Waals surface area contributed by atoms with E-state index in [9.17, 15) is 19.5 Å². The Morgan fingerprint density at radius 2 is 1.89 bits per heavy atom. The van der Waals surface area contributed by atoms with Crippen LogP contribution in [0.25, 0.3) is 0 Å². The van der Waals surface area contributed by atoms with Crippen LogP contribution in [0.5, 0.6) is 11.5 Å². The molecule has 47 heavy (non-hydrogen) atoms. The number of rotatable bonds is 9. The Labute approximate surface area is 279 Å². The zero-order chi connectivity index (χ0) is 33.1. The van der Waals surface area contributed by atoms with E-state index in [4.69, 9.17) is 21.1 Å². The maximum atomic E-state index is 14.3. The molecule has 2 aliphatic heterocycles. The summed E-state index contributed by atoms with van der Waals surface area (Å²) < 4.78 is 11.6. The Bertz CT molecular complexity index is 1700. The SMILES string of the molecule is CC1(C)CC(=O)C2=C(C1)Nc1c(O)cccc1N(C(=O)CCC(=O)NCC1CCCO1)C2c1ccc(OCc2ccccc2)cc1Cl. The molecular formula is C37H40ClN3O6. The Kier molecular flexibility index (Phi) is 9.57. The number of ketones is 1. The number of Topliss-reactive ketones (excluding diaryl/α,β-unsaturated/α-hetero) is 1. The second-order valence-corrected chi connectivity index (χ2v) is 13.6. The predicted octanol–water partition coefficient (Wildman–Crippen LogP) is 6.84. The number of anilines is 2. The molecule has 1 fully saturated rings. The van der Waals surface area contributed by atoms with Gasteiger partial charge in [0.1, 0.15) is 23.8 Å². The number of benzene rings is 3. The van der Waals surface area contributed by atoms with Gasteiger partial charge in [-0.05, 0) is 60.1 Å². The van der Waals surface area contributed by atoms with E-state index < -0.39 is 6.04 Å². The van der Waals surface area contributed by atoms with Crippen LogP contribution in [0.15, 0.2) is 78.0 Å². The number of carbonyl (C=O) groups excluding carboxylic acids is 3. The number of hydrogen-bond acceptors (Lipinski definition) is 7. The van der Waals surface area contributed by atoms with Crippen molar-refractivity contribution in [3.05, 3.63) is 94.1 Å². The average Bonchev–Trinajstić information content (AvgIpc) is 3.51. The lowest BCUT2D eigenvalue weighted by molar-refractivity contribution is -0.125. The highest BCUT2D eigenvalue weighted by Crippen LogP contribution is 2.51. The van der Waals surface area contributed by atoms with E-state index in [1.54, 1.807) is 30.3 Å². The number of phenols is 1. The van der Waals surface area contributed by atoms with Gasteiger partial charge in [0.05, 0.1) is 17.8 Å². The molecule has 2 unspecified atom stereocenters. The number of hydrogen-bond donors (Lipinski definition) is 3. The van der Waals surface area contributed by atoms with Gasteiger partial charge in [-0.25, -0.2) is 0 Å². The number of phenolic OH excluding ortho intramolecular Hbond substituents is 1. The molecule has 3 aromatic carbocycles. The van der Waals surface area contributed by atoms with Crippen molar-refractivity contribution in [2.75, 3.05) is 23.4 Å². The number of allylic oxidation sites excluding steroid dienone is 1. The van der Waals surface area contributed by atoms with E-state index in [1.165, 1.54) is 11.0 Å². The Hall–Kier alpha value is -4.34. The minimum absolute atomic E-state index is 0.0146. The van der Waals surface area contributed by atoms with Crippen molar-refractivity contribution in [1.29, 1.82) is 0 Å². The number of nitrogens with zero attached hydrogens (tertiary/aromatic N) is 1. The second-order valence-electron chi connectivity index (χ2n) is 13.2. The zero-order valence-corrected chi connectivity index (χ0v) is 27.4. The van der Waals surface area contributed by atoms with E-state index in [2.05, 4.69) is 10.6 Å². The molecule has 0 radical (unpaired) electrons. The first-order valence-electron chi connectivity index (χ1n) is 16.1. The highest BCUT2D eigenvalue weighted by atomic mass is 35.5. The third-order valence-electron chi connectivity index (χ3n) is 8.91. The van der Waals surface area contributed by atoms with Crippen LogP contribution in [0, 0.1) is 5.41 Å². The van der Waals surface area contributed by atoms with E-state index in [1.807, 2.05) is 44.2 Å². The molecule has 2 atom stereocenters. The minimum Gasteiger partial charge on any atom is -0.506 e. The van der Waals surface area contributed by atoms with Crippen LogP contribution >= 0.6 is 11.6 Å². The molecule has 6 rings (SSSR count). The summed E-state index contributed by atoms with van der Waals surface area (Å²) in [7, 11) is 0. The third kappa shape index (κ3) is 7.31. The molecule has 0 saturated carbocycles. The van der Waals surface area contributed by atoms with Gasteiger partial charge in [-0.3, -0.25) is 19.3 Å². The molecule has 0 aromatic heterocycles. The molecule has 1 aliphatic carbocycles. The summed E-state index contributed by atoms with van der Waals surface area (Å²) >= 11 is 6.99. The van der Waals surface area contributed by atoms with Crippen LogP contribution in [0.2, 0.25) is 5.02 Å². The second kappa shape index (κ2) is 13.8. The molecule has 2 amide bonds. The predicted molar refractivity (Wildman–Crippen MR) is 180 cm³/mol. The van der Waals surface area contributed by atoms with E-state index >= 15 is 0 Å². The smallest absolute Gasteiger partial charge is 0.228 e. The summed E-state index contributed by atoms with van der Waals surface area (Å²) in [5, 5.41) is 17.6. The maximum absolute atomic E-state index is 14.3. The molecule has 2 heterocycles. The average molecular weight is 658 g/mol. The molecule has 3 aliphatic rings. The number of para-hydroxylation sites is 1. The number of carbonyl (C=O) groups is 3. The topological polar surface area (TPSA) is 117 Å². The summed E-state index contributed by atoms with van der Waals surface area (Å²) in [6.45, 7) is 5.47. The summed E-state index contributed by atoms with van der Waals surface area (Å²) in [5.74, 6) is -0.286. The molecule has 0 spiro atoms. The van der Waals surface area contributed by atoms with Crippen molar-refractivity contribution in [3.8, 4) is 11.5 Å². The maximum Gasteiger partial charge on any atom is 0.228 e. The third-order valence-corrected chi connectivity index (χ3v) is 9.24. The van der Waals surface area contributed by atoms with Crippen molar-refractivity contribution in [2.24, 2.45) is 5.41 Å². The number of amides is 2. The van der Waals surface area contributed by atoms with Gasteiger partial charge in [0.15, 0.2) is 5.78 Å². The molecule has 9 nitrogen and oxygen atoms in total. The Balaban J connectivity index is 1.37. The van der Waals surface area contributed by atoms with E-state index in [-0.39, 0.29) is 54.1 Å². The molecule has 0 bridgehead atoms. The first kappa shape index (κ1) is 32.6. The number of halogens is 1. The van der Waals surface area contributed by atoms with E-state index in [0.29, 0.717) is 65.2 Å². The fourth-order valence-electron chi connectivity index (χ4n) is 6.64. The quantitative estimate of drug-likeness (QED) is 0.216. The van der Waals surface area contributed by atoms with Crippen LogP contribution in [0.4, 0.5) is 11.4 Å². The lowest BCUT2D eigenvalue weighted by atomic mass is 9.73. The molecule has 246 valence electrons. The van der Waals surface area contributed by atoms with E-state index in [0.717, 1.165) is 18.4 Å². The highest BCUT2D eigenvalue weighted by Gasteiger charge is 2.44. The van der Waals surface area contributed by atoms with Gasteiger partial charge < -0.3 is 25.2 Å². The lowest BCUT2D eigenvalue weighted by Crippen LogP contribution is -2.40. The number of fused-ring (bicyclic) bond motifs is 1. The summed E-state index contributed by atoms with van der Waals surface area (Å²) in [4.78, 5) is 42.7. The first-order valence-corrected chi connectivity index (χ1v) is 16.5. The van der Waals surface area contributed by atoms with Gasteiger partial charge in [0.25, 0.3) is 0 Å². The lowest BCUT2D eigenvalue weighted by Gasteiger charge is -2.37. The number of aromatic hydroxyl groups is 1. The van der Waals surface area contributed by atoms with Gasteiger partial charge in [0.2, 0.25) is 11.8 Å². The standard InChI is InChI=1S/C37H40ClN3O6/c1-37(2)19-28-34(31(43)20-37)36(26-14-13-24(18-27(26)38)47-22-23-8-4-3-5-9-23)41(29-11-6-12-30(42)35(29)40-28)33(45)16-15-32(44)39-21-25-10-7-17-46-25/h3-6,8-9,11-14,18,25,36,40,42H,7,10,15-17,19-22H2,1-2H3,(H,39,44). The first-order chi connectivity index (χ1) is 22.6. The molecular weight excluding hydrogens is 618 g/mol. The summed E-state index contributed by atoms with van der Waals surface area (Å²) in [6, 6.07) is 19.0. The minimum atomic E-state index is -0.915. The van der Waals surface area contributed by atoms with Gasteiger partial charge in [-0.1, -0.05) is 67.9 Å². The monoisotopic (exact) mass is 657 g/mol. The van der Waals surface area contributed by atoms with Gasteiger partial charge in [-0.15, -0.1) is 0 Å². The fourth-order valence-corrected chi connectivity index (χ4v) is 6.91. The molecule has 10 heteroatoms. The van der Waals surface area contributed by atoms with Crippen LogP contribution in [-0.4, -0.2) is 42.0 Å². The van der Waals surface area contributed by atoms with Crippen molar-refractivity contribution in [3.63, 3.8) is 0 Å². The van der Waals surface area contributed by atoms with Gasteiger partial charge >= 0.3 is 0 Å². The largest absolute Gasteiger partial charge is 0.506 e. The van der Waals surface area contributed by atoms with Crippen molar-refractivity contribution >= 4 is 40.6 Å². The van der Waals surface area contributed by atoms with Gasteiger partial charge in [0, 0.05) is 48.7 Å². The van der Waals surface area contributed by atoms with Gasteiger partial charge in [-0.2, -0.15) is 0 Å². The molecule has 3 N–H and O–H groups in total. The Morgan fingerprint density at radius 1 is 1.09 bits per heavy atom. The fraction of sp³-hybridized carbons (Fsp3) is 0.378. The van der Waals surface area contributed by atoms with Crippen molar-refractivity contribution in [2.45, 2.75) is 71.1 Å². The molecule has 3 aromatic rings. The van der Waals surface area contributed by atoms with Crippen molar-refractivity contribution < 1.29 is 29.0 Å². The summed E-state index contributed by atoms with van der Waals surface area (Å²) in [5.41, 5.74) is 2.94. The van der Waals surface area contributed by atoms with Crippen LogP contribution in [0.3, 0.4) is 0 Å². The van der Waals surface area contributed by atoms with Crippen LogP contribution in [-0.2, 0) is 25.7 Å². The Morgan fingerprint density at radius 3 is 2.64 bits per heavy atom. The van der Waals surface area contributed by atoms with Crippen LogP contribution < -0.4 is 20.3 Å². The number of ether oxygens (including phenoxy) is 2. The number of nitrogens with one attached hydrogen (secondary N) is 2.